The van der Waals surface area contributed by atoms with Gasteiger partial charge in [-0.05, 0) is 20.9 Å². The lowest BCUT2D eigenvalue weighted by Gasteiger charge is -2.19. The van der Waals surface area contributed by atoms with Gasteiger partial charge >= 0.3 is 0 Å². The minimum Gasteiger partial charge on any atom is -0.377 e. The van der Waals surface area contributed by atoms with Crippen molar-refractivity contribution in [1.82, 2.24) is 10.4 Å². The molecule has 0 spiro atoms. The summed E-state index contributed by atoms with van der Waals surface area (Å²) in [5.41, 5.74) is 3.01. The monoisotopic (exact) mass is 146 g/mol. The lowest BCUT2D eigenvalue weighted by molar-refractivity contribution is 0.0422. The van der Waals surface area contributed by atoms with Gasteiger partial charge in [-0.2, -0.15) is 0 Å². The Hall–Kier alpha value is -0.120. The van der Waals surface area contributed by atoms with Crippen LogP contribution in [0.1, 0.15) is 13.8 Å². The molecule has 0 aromatic heterocycles. The standard InChI is InChI=1S/C7H18N2O/c1-5-10-7(2)6-9(4)8-3/h7-8H,5-6H2,1-4H3. The van der Waals surface area contributed by atoms with E-state index in [1.165, 1.54) is 0 Å². The van der Waals surface area contributed by atoms with Gasteiger partial charge in [-0.25, -0.2) is 5.01 Å². The smallest absolute Gasteiger partial charge is 0.0687 e. The highest BCUT2D eigenvalue weighted by atomic mass is 16.5. The topological polar surface area (TPSA) is 24.5 Å². The summed E-state index contributed by atoms with van der Waals surface area (Å²) in [6, 6.07) is 0. The first-order chi connectivity index (χ1) is 4.70. The minimum atomic E-state index is 0.308. The number of ether oxygens (including phenoxy) is 1. The maximum atomic E-state index is 5.33. The van der Waals surface area contributed by atoms with Crippen LogP contribution in [-0.4, -0.2) is 38.4 Å². The van der Waals surface area contributed by atoms with Crippen molar-refractivity contribution in [2.24, 2.45) is 0 Å². The largest absolute Gasteiger partial charge is 0.377 e. The Balaban J connectivity index is 3.27. The van der Waals surface area contributed by atoms with Crippen molar-refractivity contribution in [3.05, 3.63) is 0 Å². The molecular formula is C7H18N2O. The summed E-state index contributed by atoms with van der Waals surface area (Å²) < 4.78 is 5.33. The highest BCUT2D eigenvalue weighted by Crippen LogP contribution is 1.90. The number of nitrogens with one attached hydrogen (secondary N) is 1. The number of rotatable bonds is 5. The van der Waals surface area contributed by atoms with E-state index in [-0.39, 0.29) is 0 Å². The molecule has 3 nitrogen and oxygen atoms in total. The summed E-state index contributed by atoms with van der Waals surface area (Å²) in [5.74, 6) is 0. The molecule has 0 radical (unpaired) electrons. The number of hydrogen-bond acceptors (Lipinski definition) is 3. The molecule has 3 heteroatoms. The molecule has 62 valence electrons. The molecule has 0 saturated heterocycles. The van der Waals surface area contributed by atoms with Crippen LogP contribution in [0.25, 0.3) is 0 Å². The van der Waals surface area contributed by atoms with Crippen LogP contribution in [0.2, 0.25) is 0 Å². The van der Waals surface area contributed by atoms with Gasteiger partial charge in [0.15, 0.2) is 0 Å². The highest BCUT2D eigenvalue weighted by molar-refractivity contribution is 4.52. The summed E-state index contributed by atoms with van der Waals surface area (Å²) in [5, 5.41) is 2.00. The highest BCUT2D eigenvalue weighted by Gasteiger charge is 2.02. The molecule has 0 bridgehead atoms. The van der Waals surface area contributed by atoms with Crippen LogP contribution in [0.5, 0.6) is 0 Å². The molecule has 0 fully saturated rings. The van der Waals surface area contributed by atoms with E-state index in [1.54, 1.807) is 0 Å². The predicted octanol–water partition coefficient (Wildman–Crippen LogP) is 0.478. The fourth-order valence-corrected chi connectivity index (χ4v) is 0.814. The summed E-state index contributed by atoms with van der Waals surface area (Å²) in [6.45, 7) is 5.79. The third kappa shape index (κ3) is 4.73. The molecule has 0 saturated carbocycles. The summed E-state index contributed by atoms with van der Waals surface area (Å²) >= 11 is 0. The SMILES string of the molecule is CCOC(C)CN(C)NC. The lowest BCUT2D eigenvalue weighted by Crippen LogP contribution is -2.37. The Kier molecular flexibility index (Phi) is 5.58. The Labute approximate surface area is 63.3 Å². The van der Waals surface area contributed by atoms with Gasteiger partial charge in [0, 0.05) is 20.2 Å². The van der Waals surface area contributed by atoms with Gasteiger partial charge in [0.2, 0.25) is 0 Å². The van der Waals surface area contributed by atoms with E-state index < -0.39 is 0 Å². The van der Waals surface area contributed by atoms with E-state index in [0.29, 0.717) is 6.10 Å². The molecule has 0 aromatic carbocycles. The zero-order valence-corrected chi connectivity index (χ0v) is 7.35. The molecule has 0 aromatic rings. The van der Waals surface area contributed by atoms with Crippen LogP contribution >= 0.6 is 0 Å². The molecule has 0 amide bonds. The third-order valence-electron chi connectivity index (χ3n) is 1.36. The zero-order chi connectivity index (χ0) is 7.98. The number of hydrazine groups is 1. The second kappa shape index (κ2) is 5.65. The Morgan fingerprint density at radius 1 is 1.60 bits per heavy atom. The van der Waals surface area contributed by atoms with Crippen molar-refractivity contribution in [2.75, 3.05) is 27.2 Å². The average Bonchev–Trinajstić information content (AvgIpc) is 1.88. The second-order valence-electron chi connectivity index (χ2n) is 2.37. The lowest BCUT2D eigenvalue weighted by atomic mass is 10.4. The van der Waals surface area contributed by atoms with E-state index >= 15 is 0 Å². The van der Waals surface area contributed by atoms with Crippen molar-refractivity contribution >= 4 is 0 Å². The summed E-state index contributed by atoms with van der Waals surface area (Å²) in [4.78, 5) is 0. The Morgan fingerprint density at radius 3 is 2.60 bits per heavy atom. The van der Waals surface area contributed by atoms with Gasteiger partial charge in [0.05, 0.1) is 6.10 Å². The third-order valence-corrected chi connectivity index (χ3v) is 1.36. The van der Waals surface area contributed by atoms with Crippen molar-refractivity contribution < 1.29 is 4.74 Å². The van der Waals surface area contributed by atoms with E-state index in [2.05, 4.69) is 12.3 Å². The Bertz CT molecular complexity index is 78.0. The first-order valence-electron chi connectivity index (χ1n) is 3.70. The molecule has 1 N–H and O–H groups in total. The number of likely N-dealkylation sites (N-methyl/N-ethyl adjacent to an activating group) is 1. The van der Waals surface area contributed by atoms with Crippen LogP contribution in [0.15, 0.2) is 0 Å². The van der Waals surface area contributed by atoms with Crippen LogP contribution < -0.4 is 5.43 Å². The first-order valence-corrected chi connectivity index (χ1v) is 3.70. The van der Waals surface area contributed by atoms with Gasteiger partial charge in [-0.1, -0.05) is 0 Å². The van der Waals surface area contributed by atoms with Gasteiger partial charge in [-0.15, -0.1) is 0 Å². The predicted molar refractivity (Wildman–Crippen MR) is 42.8 cm³/mol. The average molecular weight is 146 g/mol. The quantitative estimate of drug-likeness (QED) is 0.571. The zero-order valence-electron chi connectivity index (χ0n) is 7.35. The minimum absolute atomic E-state index is 0.308. The van der Waals surface area contributed by atoms with Gasteiger partial charge in [-0.3, -0.25) is 5.43 Å². The number of hydrogen-bond donors (Lipinski definition) is 1. The van der Waals surface area contributed by atoms with Crippen molar-refractivity contribution in [3.63, 3.8) is 0 Å². The van der Waals surface area contributed by atoms with E-state index in [4.69, 9.17) is 4.74 Å². The van der Waals surface area contributed by atoms with Gasteiger partial charge in [0.1, 0.15) is 0 Å². The first kappa shape index (κ1) is 9.88. The molecule has 1 unspecified atom stereocenters. The summed E-state index contributed by atoms with van der Waals surface area (Å²) in [6.07, 6.45) is 0.308. The van der Waals surface area contributed by atoms with Crippen molar-refractivity contribution in [2.45, 2.75) is 20.0 Å². The van der Waals surface area contributed by atoms with E-state index in [0.717, 1.165) is 13.2 Å². The molecule has 10 heavy (non-hydrogen) atoms. The van der Waals surface area contributed by atoms with Crippen molar-refractivity contribution in [3.8, 4) is 0 Å². The normalized spacial score (nSPS) is 14.1. The molecule has 1 atom stereocenters. The fourth-order valence-electron chi connectivity index (χ4n) is 0.814. The second-order valence-corrected chi connectivity index (χ2v) is 2.37. The molecule has 0 heterocycles. The van der Waals surface area contributed by atoms with E-state index in [9.17, 15) is 0 Å². The maximum absolute atomic E-state index is 5.33. The maximum Gasteiger partial charge on any atom is 0.0687 e. The molecule has 0 aliphatic carbocycles. The fraction of sp³-hybridized carbons (Fsp3) is 1.00. The van der Waals surface area contributed by atoms with Crippen LogP contribution in [0, 0.1) is 0 Å². The van der Waals surface area contributed by atoms with Crippen molar-refractivity contribution in [1.29, 1.82) is 0 Å². The molecule has 0 rings (SSSR count). The van der Waals surface area contributed by atoms with E-state index in [1.807, 2.05) is 26.0 Å². The molecule has 0 aliphatic rings. The van der Waals surface area contributed by atoms with Crippen LogP contribution in [-0.2, 0) is 4.74 Å². The molecule has 0 aliphatic heterocycles. The van der Waals surface area contributed by atoms with Crippen LogP contribution in [0.3, 0.4) is 0 Å². The van der Waals surface area contributed by atoms with Crippen LogP contribution in [0.4, 0.5) is 0 Å². The molecular weight excluding hydrogens is 128 g/mol. The van der Waals surface area contributed by atoms with Gasteiger partial charge in [0.25, 0.3) is 0 Å². The summed E-state index contributed by atoms with van der Waals surface area (Å²) in [7, 11) is 3.90. The number of nitrogens with zero attached hydrogens (tertiary/aromatic N) is 1. The van der Waals surface area contributed by atoms with Gasteiger partial charge < -0.3 is 4.74 Å². The Morgan fingerprint density at radius 2 is 2.20 bits per heavy atom.